The molecule has 3 N–H and O–H groups in total. The second kappa shape index (κ2) is 8.75. The number of rotatable bonds is 4. The molecule has 2 heterocycles. The van der Waals surface area contributed by atoms with Gasteiger partial charge in [0.25, 0.3) is 5.91 Å². The van der Waals surface area contributed by atoms with Crippen LogP contribution >= 0.6 is 11.6 Å². The summed E-state index contributed by atoms with van der Waals surface area (Å²) in [5.41, 5.74) is 7.83. The van der Waals surface area contributed by atoms with Gasteiger partial charge in [0.2, 0.25) is 10.0 Å². The van der Waals surface area contributed by atoms with Crippen molar-refractivity contribution in [2.75, 3.05) is 31.9 Å². The third-order valence-electron chi connectivity index (χ3n) is 5.98. The standard InChI is InChI=1S/C24H22ClN5O3S/c25-20-7-5-19-14-21(8-6-18(19)13-20)34(32,33)30-11-9-29(10-12-30)24(31)17-3-1-16(2-4-17)22-15-23(26)28-27-22/h1-8,13-15H,9-12H2,(H3,26,27,28). The highest BCUT2D eigenvalue weighted by molar-refractivity contribution is 7.89. The molecule has 8 nitrogen and oxygen atoms in total. The van der Waals surface area contributed by atoms with Crippen LogP contribution in [-0.2, 0) is 10.0 Å². The average molecular weight is 496 g/mol. The van der Waals surface area contributed by atoms with E-state index in [1.807, 2.05) is 12.1 Å². The number of hydrogen-bond donors (Lipinski definition) is 2. The van der Waals surface area contributed by atoms with Gasteiger partial charge in [-0.25, -0.2) is 8.42 Å². The minimum Gasteiger partial charge on any atom is -0.382 e. The summed E-state index contributed by atoms with van der Waals surface area (Å²) < 4.78 is 27.8. The van der Waals surface area contributed by atoms with Gasteiger partial charge >= 0.3 is 0 Å². The number of anilines is 1. The molecular weight excluding hydrogens is 474 g/mol. The van der Waals surface area contributed by atoms with Crippen molar-refractivity contribution in [2.24, 2.45) is 0 Å². The molecule has 0 atom stereocenters. The van der Waals surface area contributed by atoms with Gasteiger partial charge in [0, 0.05) is 42.8 Å². The molecule has 4 aromatic rings. The molecule has 1 aliphatic heterocycles. The molecule has 34 heavy (non-hydrogen) atoms. The summed E-state index contributed by atoms with van der Waals surface area (Å²) in [6.07, 6.45) is 0. The molecule has 0 radical (unpaired) electrons. The van der Waals surface area contributed by atoms with Crippen LogP contribution in [0, 0.1) is 0 Å². The summed E-state index contributed by atoms with van der Waals surface area (Å²) >= 11 is 6.02. The van der Waals surface area contributed by atoms with Crippen LogP contribution in [0.25, 0.3) is 22.0 Å². The lowest BCUT2D eigenvalue weighted by Gasteiger charge is -2.34. The van der Waals surface area contributed by atoms with Crippen LogP contribution in [-0.4, -0.2) is 59.9 Å². The summed E-state index contributed by atoms with van der Waals surface area (Å²) in [5.74, 6) is 0.270. The Balaban J connectivity index is 1.26. The smallest absolute Gasteiger partial charge is 0.253 e. The molecule has 1 saturated heterocycles. The molecule has 0 spiro atoms. The van der Waals surface area contributed by atoms with Gasteiger partial charge in [0.05, 0.1) is 10.6 Å². The van der Waals surface area contributed by atoms with E-state index in [0.717, 1.165) is 22.0 Å². The number of hydrogen-bond acceptors (Lipinski definition) is 5. The molecule has 0 saturated carbocycles. The summed E-state index contributed by atoms with van der Waals surface area (Å²) in [4.78, 5) is 14.9. The normalized spacial score (nSPS) is 15.0. The Hall–Kier alpha value is -3.40. The SMILES string of the molecule is Nc1cc(-c2ccc(C(=O)N3CCN(S(=O)(=O)c4ccc5cc(Cl)ccc5c4)CC3)cc2)[nH]n1. The monoisotopic (exact) mass is 495 g/mol. The van der Waals surface area contributed by atoms with Crippen LogP contribution in [0.15, 0.2) is 71.6 Å². The van der Waals surface area contributed by atoms with E-state index in [0.29, 0.717) is 29.5 Å². The van der Waals surface area contributed by atoms with Gasteiger partial charge in [0.1, 0.15) is 5.82 Å². The van der Waals surface area contributed by atoms with Gasteiger partial charge < -0.3 is 10.6 Å². The number of aromatic amines is 1. The van der Waals surface area contributed by atoms with Gasteiger partial charge in [-0.3, -0.25) is 9.89 Å². The Morgan fingerprint density at radius 1 is 0.912 bits per heavy atom. The number of carbonyl (C=O) groups is 1. The van der Waals surface area contributed by atoms with Crippen LogP contribution in [0.4, 0.5) is 5.82 Å². The first-order valence-electron chi connectivity index (χ1n) is 10.7. The van der Waals surface area contributed by atoms with Crippen molar-refractivity contribution in [2.45, 2.75) is 4.90 Å². The number of nitrogens with two attached hydrogens (primary N) is 1. The first-order chi connectivity index (χ1) is 16.3. The van der Waals surface area contributed by atoms with Crippen molar-refractivity contribution in [3.63, 3.8) is 0 Å². The van der Waals surface area contributed by atoms with E-state index >= 15 is 0 Å². The van der Waals surface area contributed by atoms with Crippen molar-refractivity contribution in [1.82, 2.24) is 19.4 Å². The number of nitrogen functional groups attached to an aromatic ring is 1. The molecule has 174 valence electrons. The largest absolute Gasteiger partial charge is 0.382 e. The highest BCUT2D eigenvalue weighted by Crippen LogP contribution is 2.26. The van der Waals surface area contributed by atoms with Gasteiger partial charge in [0.15, 0.2) is 0 Å². The van der Waals surface area contributed by atoms with E-state index in [9.17, 15) is 13.2 Å². The number of fused-ring (bicyclic) bond motifs is 1. The minimum atomic E-state index is -3.67. The van der Waals surface area contributed by atoms with Crippen LogP contribution in [0.1, 0.15) is 10.4 Å². The summed E-state index contributed by atoms with van der Waals surface area (Å²) in [6.45, 7) is 1.11. The molecule has 3 aromatic carbocycles. The molecule has 1 amide bonds. The fourth-order valence-electron chi connectivity index (χ4n) is 4.10. The van der Waals surface area contributed by atoms with Crippen LogP contribution < -0.4 is 5.73 Å². The van der Waals surface area contributed by atoms with Crippen molar-refractivity contribution in [1.29, 1.82) is 0 Å². The maximum atomic E-state index is 13.2. The Morgan fingerprint density at radius 2 is 1.59 bits per heavy atom. The van der Waals surface area contributed by atoms with Gasteiger partial charge in [-0.2, -0.15) is 9.40 Å². The molecule has 0 aliphatic carbocycles. The average Bonchev–Trinajstić information content (AvgIpc) is 3.29. The number of benzene rings is 3. The lowest BCUT2D eigenvalue weighted by atomic mass is 10.1. The lowest BCUT2D eigenvalue weighted by molar-refractivity contribution is 0.0698. The number of amides is 1. The predicted molar refractivity (Wildman–Crippen MR) is 132 cm³/mol. The quantitative estimate of drug-likeness (QED) is 0.449. The first kappa shape index (κ1) is 22.4. The number of piperazine rings is 1. The highest BCUT2D eigenvalue weighted by Gasteiger charge is 2.30. The molecule has 1 fully saturated rings. The Kier molecular flexibility index (Phi) is 5.76. The number of H-pyrrole nitrogens is 1. The Morgan fingerprint density at radius 3 is 2.26 bits per heavy atom. The number of carbonyl (C=O) groups excluding carboxylic acids is 1. The lowest BCUT2D eigenvalue weighted by Crippen LogP contribution is -2.50. The number of halogens is 1. The predicted octanol–water partition coefficient (Wildman–Crippen LogP) is 3.61. The van der Waals surface area contributed by atoms with E-state index in [1.165, 1.54) is 4.31 Å². The molecule has 10 heteroatoms. The van der Waals surface area contributed by atoms with Gasteiger partial charge in [-0.1, -0.05) is 35.9 Å². The zero-order valence-corrected chi connectivity index (χ0v) is 19.7. The molecule has 0 bridgehead atoms. The fraction of sp³-hybridized carbons (Fsp3) is 0.167. The van der Waals surface area contributed by atoms with Crippen molar-refractivity contribution >= 4 is 44.1 Å². The number of nitrogens with one attached hydrogen (secondary N) is 1. The zero-order chi connectivity index (χ0) is 23.9. The molecular formula is C24H22ClN5O3S. The van der Waals surface area contributed by atoms with Crippen LogP contribution in [0.3, 0.4) is 0 Å². The van der Waals surface area contributed by atoms with E-state index in [1.54, 1.807) is 59.5 Å². The molecule has 0 unspecified atom stereocenters. The van der Waals surface area contributed by atoms with Crippen molar-refractivity contribution in [3.8, 4) is 11.3 Å². The number of aromatic nitrogens is 2. The molecule has 5 rings (SSSR count). The second-order valence-corrected chi connectivity index (χ2v) is 10.5. The topological polar surface area (TPSA) is 112 Å². The van der Waals surface area contributed by atoms with Gasteiger partial charge in [-0.05, 0) is 52.7 Å². The minimum absolute atomic E-state index is 0.129. The maximum Gasteiger partial charge on any atom is 0.253 e. The third-order valence-corrected chi connectivity index (χ3v) is 8.11. The number of sulfonamides is 1. The maximum absolute atomic E-state index is 13.2. The first-order valence-corrected chi connectivity index (χ1v) is 12.5. The summed E-state index contributed by atoms with van der Waals surface area (Å²) in [6, 6.07) is 19.2. The fourth-order valence-corrected chi connectivity index (χ4v) is 5.73. The second-order valence-electron chi connectivity index (χ2n) is 8.13. The molecule has 1 aliphatic rings. The van der Waals surface area contributed by atoms with E-state index in [2.05, 4.69) is 10.2 Å². The van der Waals surface area contributed by atoms with Crippen LogP contribution in [0.5, 0.6) is 0 Å². The van der Waals surface area contributed by atoms with Crippen molar-refractivity contribution < 1.29 is 13.2 Å². The van der Waals surface area contributed by atoms with Gasteiger partial charge in [-0.15, -0.1) is 0 Å². The zero-order valence-electron chi connectivity index (χ0n) is 18.1. The third kappa shape index (κ3) is 4.25. The summed E-state index contributed by atoms with van der Waals surface area (Å²) in [7, 11) is -3.67. The highest BCUT2D eigenvalue weighted by atomic mass is 35.5. The van der Waals surface area contributed by atoms with E-state index in [-0.39, 0.29) is 23.9 Å². The number of nitrogens with zero attached hydrogens (tertiary/aromatic N) is 3. The van der Waals surface area contributed by atoms with Crippen LogP contribution in [0.2, 0.25) is 5.02 Å². The van der Waals surface area contributed by atoms with E-state index in [4.69, 9.17) is 17.3 Å². The summed E-state index contributed by atoms with van der Waals surface area (Å²) in [5, 5.41) is 9.04. The van der Waals surface area contributed by atoms with Crippen molar-refractivity contribution in [3.05, 3.63) is 77.3 Å². The Labute approximate surface area is 202 Å². The Bertz CT molecular complexity index is 1480. The van der Waals surface area contributed by atoms with E-state index < -0.39 is 10.0 Å². The molecule has 1 aromatic heterocycles.